The highest BCUT2D eigenvalue weighted by molar-refractivity contribution is 5.90. The van der Waals surface area contributed by atoms with Crippen LogP contribution in [0.2, 0.25) is 0 Å². The first kappa shape index (κ1) is 13.2. The predicted octanol–water partition coefficient (Wildman–Crippen LogP) is 0.557. The highest BCUT2D eigenvalue weighted by Crippen LogP contribution is 2.09. The number of aromatic nitrogens is 3. The largest absolute Gasteiger partial charge is 0.330 e. The SMILES string of the molecule is NCCc1cn(CC(=O)Nc2cccc(F)c2)nn1. The molecule has 0 bridgehead atoms. The number of nitrogens with one attached hydrogen (secondary N) is 1. The number of hydrogen-bond donors (Lipinski definition) is 2. The van der Waals surface area contributed by atoms with Crippen LogP contribution in [-0.2, 0) is 17.8 Å². The molecule has 2 rings (SSSR count). The number of anilines is 1. The topological polar surface area (TPSA) is 85.8 Å². The molecule has 0 radical (unpaired) electrons. The van der Waals surface area contributed by atoms with E-state index in [2.05, 4.69) is 15.6 Å². The normalized spacial score (nSPS) is 10.4. The molecule has 6 nitrogen and oxygen atoms in total. The predicted molar refractivity (Wildman–Crippen MR) is 67.8 cm³/mol. The van der Waals surface area contributed by atoms with Gasteiger partial charge in [-0.15, -0.1) is 5.10 Å². The second kappa shape index (κ2) is 6.05. The number of halogens is 1. The third kappa shape index (κ3) is 3.85. The Hall–Kier alpha value is -2.28. The highest BCUT2D eigenvalue weighted by atomic mass is 19.1. The fourth-order valence-electron chi connectivity index (χ4n) is 1.59. The van der Waals surface area contributed by atoms with Gasteiger partial charge in [-0.1, -0.05) is 11.3 Å². The lowest BCUT2D eigenvalue weighted by atomic mass is 10.3. The van der Waals surface area contributed by atoms with E-state index in [-0.39, 0.29) is 12.5 Å². The van der Waals surface area contributed by atoms with Crippen molar-refractivity contribution in [3.63, 3.8) is 0 Å². The first-order valence-electron chi connectivity index (χ1n) is 5.82. The number of amides is 1. The standard InChI is InChI=1S/C12H14FN5O/c13-9-2-1-3-10(6-9)15-12(19)8-18-7-11(4-5-14)16-17-18/h1-3,6-7H,4-5,8,14H2,(H,15,19). The maximum absolute atomic E-state index is 12.9. The molecule has 3 N–H and O–H groups in total. The van der Waals surface area contributed by atoms with Gasteiger partial charge >= 0.3 is 0 Å². The van der Waals surface area contributed by atoms with E-state index < -0.39 is 5.82 Å². The van der Waals surface area contributed by atoms with E-state index in [1.807, 2.05) is 0 Å². The van der Waals surface area contributed by atoms with Crippen LogP contribution in [0.1, 0.15) is 5.69 Å². The molecule has 0 spiro atoms. The highest BCUT2D eigenvalue weighted by Gasteiger charge is 2.06. The van der Waals surface area contributed by atoms with Gasteiger partial charge in [0.15, 0.2) is 0 Å². The van der Waals surface area contributed by atoms with Crippen molar-refractivity contribution in [1.29, 1.82) is 0 Å². The Balaban J connectivity index is 1.93. The molecule has 0 saturated heterocycles. The summed E-state index contributed by atoms with van der Waals surface area (Å²) in [5.41, 5.74) is 6.54. The van der Waals surface area contributed by atoms with Crippen LogP contribution >= 0.6 is 0 Å². The average Bonchev–Trinajstić information content (AvgIpc) is 2.77. The van der Waals surface area contributed by atoms with Gasteiger partial charge in [-0.25, -0.2) is 9.07 Å². The van der Waals surface area contributed by atoms with Crippen LogP contribution in [0.25, 0.3) is 0 Å². The van der Waals surface area contributed by atoms with Crippen molar-refractivity contribution >= 4 is 11.6 Å². The molecule has 0 unspecified atom stereocenters. The minimum Gasteiger partial charge on any atom is -0.330 e. The number of benzene rings is 1. The lowest BCUT2D eigenvalue weighted by Gasteiger charge is -2.04. The van der Waals surface area contributed by atoms with E-state index >= 15 is 0 Å². The number of nitrogens with zero attached hydrogens (tertiary/aromatic N) is 3. The summed E-state index contributed by atoms with van der Waals surface area (Å²) in [7, 11) is 0. The number of hydrogen-bond acceptors (Lipinski definition) is 4. The first-order chi connectivity index (χ1) is 9.17. The summed E-state index contributed by atoms with van der Waals surface area (Å²) in [5, 5.41) is 10.3. The Labute approximate surface area is 109 Å². The van der Waals surface area contributed by atoms with Gasteiger partial charge in [0.1, 0.15) is 12.4 Å². The fourth-order valence-corrected chi connectivity index (χ4v) is 1.59. The van der Waals surface area contributed by atoms with E-state index in [0.717, 1.165) is 5.69 Å². The Kier molecular flexibility index (Phi) is 4.19. The summed E-state index contributed by atoms with van der Waals surface area (Å²) in [6, 6.07) is 5.70. The Morgan fingerprint density at radius 1 is 1.47 bits per heavy atom. The third-order valence-electron chi connectivity index (χ3n) is 2.40. The lowest BCUT2D eigenvalue weighted by molar-refractivity contribution is -0.116. The zero-order valence-corrected chi connectivity index (χ0v) is 10.2. The van der Waals surface area contributed by atoms with Crippen molar-refractivity contribution in [2.75, 3.05) is 11.9 Å². The molecule has 19 heavy (non-hydrogen) atoms. The van der Waals surface area contributed by atoms with Crippen molar-refractivity contribution in [2.45, 2.75) is 13.0 Å². The van der Waals surface area contributed by atoms with Gasteiger partial charge in [-0.2, -0.15) is 0 Å². The molecule has 2 aromatic rings. The number of carbonyl (C=O) groups excluding carboxylic acids is 1. The van der Waals surface area contributed by atoms with Crippen LogP contribution in [-0.4, -0.2) is 27.4 Å². The van der Waals surface area contributed by atoms with Crippen molar-refractivity contribution in [3.8, 4) is 0 Å². The van der Waals surface area contributed by atoms with Crippen molar-refractivity contribution < 1.29 is 9.18 Å². The summed E-state index contributed by atoms with van der Waals surface area (Å²) in [6.07, 6.45) is 2.28. The molecule has 0 fully saturated rings. The molecule has 0 atom stereocenters. The third-order valence-corrected chi connectivity index (χ3v) is 2.40. The Bertz CT molecular complexity index is 569. The molecule has 100 valence electrons. The van der Waals surface area contributed by atoms with Crippen LogP contribution in [0.3, 0.4) is 0 Å². The Morgan fingerprint density at radius 2 is 2.32 bits per heavy atom. The van der Waals surface area contributed by atoms with Gasteiger partial charge in [-0.3, -0.25) is 4.79 Å². The molecule has 0 aliphatic carbocycles. The zero-order valence-electron chi connectivity index (χ0n) is 10.2. The maximum atomic E-state index is 12.9. The number of rotatable bonds is 5. The van der Waals surface area contributed by atoms with Crippen molar-refractivity contribution in [2.24, 2.45) is 5.73 Å². The summed E-state index contributed by atoms with van der Waals surface area (Å²) in [6.45, 7) is 0.502. The molecular formula is C12H14FN5O. The van der Waals surface area contributed by atoms with Gasteiger partial charge in [0.25, 0.3) is 0 Å². The van der Waals surface area contributed by atoms with Gasteiger partial charge in [0.05, 0.1) is 5.69 Å². The summed E-state index contributed by atoms with van der Waals surface area (Å²) >= 11 is 0. The second-order valence-corrected chi connectivity index (χ2v) is 4.00. The van der Waals surface area contributed by atoms with E-state index in [4.69, 9.17) is 5.73 Å². The van der Waals surface area contributed by atoms with Crippen molar-refractivity contribution in [1.82, 2.24) is 15.0 Å². The van der Waals surface area contributed by atoms with Crippen LogP contribution in [0.4, 0.5) is 10.1 Å². The van der Waals surface area contributed by atoms with Crippen LogP contribution in [0, 0.1) is 5.82 Å². The minimum atomic E-state index is -0.399. The van der Waals surface area contributed by atoms with Gasteiger partial charge in [-0.05, 0) is 24.7 Å². The molecule has 7 heteroatoms. The van der Waals surface area contributed by atoms with Gasteiger partial charge in [0.2, 0.25) is 5.91 Å². The minimum absolute atomic E-state index is 0.0219. The number of nitrogens with two attached hydrogens (primary N) is 1. The summed E-state index contributed by atoms with van der Waals surface area (Å²) < 4.78 is 14.4. The molecule has 0 saturated carbocycles. The average molecular weight is 263 g/mol. The maximum Gasteiger partial charge on any atom is 0.246 e. The molecular weight excluding hydrogens is 249 g/mol. The van der Waals surface area contributed by atoms with E-state index in [9.17, 15) is 9.18 Å². The van der Waals surface area contributed by atoms with Crippen LogP contribution < -0.4 is 11.1 Å². The molecule has 1 amide bonds. The second-order valence-electron chi connectivity index (χ2n) is 4.00. The Morgan fingerprint density at radius 3 is 3.05 bits per heavy atom. The van der Waals surface area contributed by atoms with E-state index in [1.54, 1.807) is 12.3 Å². The van der Waals surface area contributed by atoms with Gasteiger partial charge < -0.3 is 11.1 Å². The van der Waals surface area contributed by atoms with Crippen LogP contribution in [0.15, 0.2) is 30.5 Å². The monoisotopic (exact) mass is 263 g/mol. The smallest absolute Gasteiger partial charge is 0.246 e. The molecule has 1 aromatic carbocycles. The molecule has 0 aliphatic heterocycles. The zero-order chi connectivity index (χ0) is 13.7. The molecule has 1 heterocycles. The lowest BCUT2D eigenvalue weighted by Crippen LogP contribution is -2.19. The molecule has 1 aromatic heterocycles. The van der Waals surface area contributed by atoms with E-state index in [0.29, 0.717) is 18.7 Å². The van der Waals surface area contributed by atoms with Crippen LogP contribution in [0.5, 0.6) is 0 Å². The first-order valence-corrected chi connectivity index (χ1v) is 5.82. The summed E-state index contributed by atoms with van der Waals surface area (Å²) in [4.78, 5) is 11.7. The fraction of sp³-hybridized carbons (Fsp3) is 0.250. The summed E-state index contributed by atoms with van der Waals surface area (Å²) in [5.74, 6) is -0.696. The number of carbonyl (C=O) groups is 1. The van der Waals surface area contributed by atoms with E-state index in [1.165, 1.54) is 22.9 Å². The molecule has 0 aliphatic rings. The van der Waals surface area contributed by atoms with Crippen molar-refractivity contribution in [3.05, 3.63) is 42.0 Å². The van der Waals surface area contributed by atoms with Gasteiger partial charge in [0, 0.05) is 18.3 Å². The quantitative estimate of drug-likeness (QED) is 0.825.